The van der Waals surface area contributed by atoms with Crippen molar-refractivity contribution in [2.75, 3.05) is 33.8 Å². The first kappa shape index (κ1) is 28.6. The Kier molecular flexibility index (Phi) is 8.47. The summed E-state index contributed by atoms with van der Waals surface area (Å²) >= 11 is 0. The van der Waals surface area contributed by atoms with Gasteiger partial charge in [0.25, 0.3) is 11.5 Å². The number of carbonyl (C=O) groups is 2. The Morgan fingerprint density at radius 2 is 1.73 bits per heavy atom. The van der Waals surface area contributed by atoms with Crippen LogP contribution in [0.15, 0.2) is 47.4 Å². The Labute approximate surface area is 236 Å². The summed E-state index contributed by atoms with van der Waals surface area (Å²) in [5.74, 6) is -0.212. The fourth-order valence-corrected chi connectivity index (χ4v) is 7.07. The van der Waals surface area contributed by atoms with Crippen LogP contribution in [0.3, 0.4) is 0 Å². The van der Waals surface area contributed by atoms with Gasteiger partial charge in [0, 0.05) is 50.4 Å². The molecule has 1 aromatic carbocycles. The Balaban J connectivity index is 1.39. The van der Waals surface area contributed by atoms with E-state index in [0.29, 0.717) is 30.6 Å². The van der Waals surface area contributed by atoms with Crippen LogP contribution in [0.1, 0.15) is 74.6 Å². The zero-order valence-electron chi connectivity index (χ0n) is 23.9. The van der Waals surface area contributed by atoms with E-state index in [2.05, 4.69) is 0 Å². The second-order valence-corrected chi connectivity index (χ2v) is 12.3. The lowest BCUT2D eigenvalue weighted by Crippen LogP contribution is -2.62. The van der Waals surface area contributed by atoms with Crippen molar-refractivity contribution in [3.8, 4) is 11.1 Å². The van der Waals surface area contributed by atoms with Crippen LogP contribution in [0.25, 0.3) is 11.1 Å². The van der Waals surface area contributed by atoms with Crippen LogP contribution in [0.4, 0.5) is 0 Å². The van der Waals surface area contributed by atoms with E-state index in [1.807, 2.05) is 35.2 Å². The van der Waals surface area contributed by atoms with Gasteiger partial charge in [0.1, 0.15) is 6.61 Å². The van der Waals surface area contributed by atoms with Gasteiger partial charge in [-0.05, 0) is 37.7 Å². The lowest BCUT2D eigenvalue weighted by molar-refractivity contribution is -0.165. The number of ether oxygens (including phenoxy) is 1. The summed E-state index contributed by atoms with van der Waals surface area (Å²) in [5, 5.41) is 12.2. The normalized spacial score (nSPS) is 22.9. The molecule has 2 amide bonds. The third-order valence-electron chi connectivity index (χ3n) is 9.46. The van der Waals surface area contributed by atoms with Gasteiger partial charge < -0.3 is 24.2 Å². The van der Waals surface area contributed by atoms with E-state index in [-0.39, 0.29) is 36.6 Å². The molecule has 3 aliphatic rings. The number of nitrogens with zero attached hydrogens (tertiary/aromatic N) is 3. The Morgan fingerprint density at radius 3 is 2.40 bits per heavy atom. The summed E-state index contributed by atoms with van der Waals surface area (Å²) < 4.78 is 7.49. The van der Waals surface area contributed by atoms with E-state index in [0.717, 1.165) is 56.9 Å². The summed E-state index contributed by atoms with van der Waals surface area (Å²) in [5.41, 5.74) is -0.107. The van der Waals surface area contributed by atoms with E-state index in [4.69, 9.17) is 4.74 Å². The Bertz CT molecular complexity index is 1260. The molecule has 8 nitrogen and oxygen atoms in total. The Morgan fingerprint density at radius 1 is 1.02 bits per heavy atom. The smallest absolute Gasteiger partial charge is 0.255 e. The lowest BCUT2D eigenvalue weighted by atomic mass is 9.65. The first-order valence-corrected chi connectivity index (χ1v) is 14.8. The minimum Gasteiger partial charge on any atom is -0.387 e. The van der Waals surface area contributed by atoms with Gasteiger partial charge in [0.05, 0.1) is 23.8 Å². The number of pyridine rings is 1. The number of aromatic nitrogens is 1. The van der Waals surface area contributed by atoms with Crippen molar-refractivity contribution >= 4 is 11.8 Å². The highest BCUT2D eigenvalue weighted by Gasteiger charge is 2.55. The molecular weight excluding hydrogens is 506 g/mol. The quantitative estimate of drug-likeness (QED) is 0.562. The standard InChI is InChI=1S/C32H43N3O5/c1-33(2)30(38)27-20-35(28(36)19-26(27)24-11-5-3-6-12-24)23-32(39)17-18-34(22-31(32)15-9-10-16-31)29(37)21-40-25-13-7-4-8-14-25/h3,5-6,11-12,19-20,25,39H,4,7-10,13-18,21-23H2,1-2H3. The molecule has 2 aromatic rings. The van der Waals surface area contributed by atoms with Crippen molar-refractivity contribution in [2.24, 2.45) is 5.41 Å². The molecule has 1 atom stereocenters. The third kappa shape index (κ3) is 5.75. The van der Waals surface area contributed by atoms with Crippen LogP contribution in [0.5, 0.6) is 0 Å². The molecule has 1 spiro atoms. The highest BCUT2D eigenvalue weighted by Crippen LogP contribution is 2.51. The fourth-order valence-electron chi connectivity index (χ4n) is 7.07. The molecule has 216 valence electrons. The predicted octanol–water partition coefficient (Wildman–Crippen LogP) is 4.09. The molecule has 1 aromatic heterocycles. The molecule has 2 aliphatic carbocycles. The second kappa shape index (κ2) is 11.9. The van der Waals surface area contributed by atoms with E-state index < -0.39 is 11.0 Å². The molecule has 1 unspecified atom stereocenters. The first-order chi connectivity index (χ1) is 19.2. The van der Waals surface area contributed by atoms with Gasteiger partial charge in [-0.1, -0.05) is 62.4 Å². The molecular formula is C32H43N3O5. The van der Waals surface area contributed by atoms with Crippen LogP contribution in [-0.4, -0.2) is 76.8 Å². The van der Waals surface area contributed by atoms with Crippen molar-refractivity contribution in [1.82, 2.24) is 14.4 Å². The van der Waals surface area contributed by atoms with Crippen LogP contribution in [0.2, 0.25) is 0 Å². The van der Waals surface area contributed by atoms with Crippen LogP contribution in [-0.2, 0) is 16.1 Å². The van der Waals surface area contributed by atoms with E-state index >= 15 is 0 Å². The van der Waals surface area contributed by atoms with E-state index in [1.165, 1.54) is 22.0 Å². The largest absolute Gasteiger partial charge is 0.387 e. The zero-order chi connectivity index (χ0) is 28.3. The van der Waals surface area contributed by atoms with Gasteiger partial charge in [-0.25, -0.2) is 0 Å². The average molecular weight is 550 g/mol. The number of hydrogen-bond acceptors (Lipinski definition) is 5. The molecule has 3 fully saturated rings. The van der Waals surface area contributed by atoms with Gasteiger partial charge in [0.2, 0.25) is 5.91 Å². The minimum atomic E-state index is -1.17. The summed E-state index contributed by atoms with van der Waals surface area (Å²) in [6.07, 6.45) is 11.3. The molecule has 1 aliphatic heterocycles. The third-order valence-corrected chi connectivity index (χ3v) is 9.46. The number of amides is 2. The number of rotatable bonds is 7. The summed E-state index contributed by atoms with van der Waals surface area (Å²) in [6, 6.07) is 10.9. The Hall–Kier alpha value is -2.97. The van der Waals surface area contributed by atoms with Crippen LogP contribution < -0.4 is 5.56 Å². The summed E-state index contributed by atoms with van der Waals surface area (Å²) in [7, 11) is 3.39. The second-order valence-electron chi connectivity index (χ2n) is 12.3. The molecule has 40 heavy (non-hydrogen) atoms. The van der Waals surface area contributed by atoms with Crippen molar-refractivity contribution in [3.05, 3.63) is 58.5 Å². The molecule has 0 bridgehead atoms. The van der Waals surface area contributed by atoms with Crippen LogP contribution in [0, 0.1) is 5.41 Å². The number of likely N-dealkylation sites (tertiary alicyclic amines) is 1. The van der Waals surface area contributed by atoms with Crippen molar-refractivity contribution in [3.63, 3.8) is 0 Å². The van der Waals surface area contributed by atoms with Gasteiger partial charge in [0.15, 0.2) is 0 Å². The van der Waals surface area contributed by atoms with Gasteiger partial charge in [-0.15, -0.1) is 0 Å². The predicted molar refractivity (Wildman–Crippen MR) is 154 cm³/mol. The molecule has 2 heterocycles. The van der Waals surface area contributed by atoms with Crippen molar-refractivity contribution in [2.45, 2.75) is 82.5 Å². The van der Waals surface area contributed by atoms with Gasteiger partial charge in [-0.2, -0.15) is 0 Å². The number of hydrogen-bond donors (Lipinski definition) is 1. The monoisotopic (exact) mass is 549 g/mol. The highest BCUT2D eigenvalue weighted by molar-refractivity contribution is 6.00. The topological polar surface area (TPSA) is 92.1 Å². The molecule has 1 N–H and O–H groups in total. The molecule has 1 saturated heterocycles. The van der Waals surface area contributed by atoms with Crippen molar-refractivity contribution < 1.29 is 19.4 Å². The first-order valence-electron chi connectivity index (χ1n) is 14.8. The molecule has 5 rings (SSSR count). The molecule has 8 heteroatoms. The lowest BCUT2D eigenvalue weighted by Gasteiger charge is -2.52. The molecule has 0 radical (unpaired) electrons. The average Bonchev–Trinajstić information content (AvgIpc) is 3.45. The molecule has 2 saturated carbocycles. The maximum Gasteiger partial charge on any atom is 0.255 e. The number of benzene rings is 1. The summed E-state index contributed by atoms with van der Waals surface area (Å²) in [6.45, 7) is 1.08. The van der Waals surface area contributed by atoms with Gasteiger partial charge in [-0.3, -0.25) is 14.4 Å². The highest BCUT2D eigenvalue weighted by atomic mass is 16.5. The fraction of sp³-hybridized carbons (Fsp3) is 0.594. The van der Waals surface area contributed by atoms with Crippen LogP contribution >= 0.6 is 0 Å². The van der Waals surface area contributed by atoms with E-state index in [1.54, 1.807) is 20.3 Å². The maximum absolute atomic E-state index is 13.4. The number of carbonyl (C=O) groups excluding carboxylic acids is 2. The maximum atomic E-state index is 13.4. The van der Waals surface area contributed by atoms with E-state index in [9.17, 15) is 19.5 Å². The number of aliphatic hydroxyl groups is 1. The number of piperidine rings is 1. The SMILES string of the molecule is CN(C)C(=O)c1cn(CC2(O)CCN(C(=O)COC3CCCCC3)CC23CCCC3)c(=O)cc1-c1ccccc1. The zero-order valence-corrected chi connectivity index (χ0v) is 23.9. The van der Waals surface area contributed by atoms with Crippen molar-refractivity contribution in [1.29, 1.82) is 0 Å². The minimum absolute atomic E-state index is 0.0119. The van der Waals surface area contributed by atoms with Gasteiger partial charge >= 0.3 is 0 Å². The summed E-state index contributed by atoms with van der Waals surface area (Å²) in [4.78, 5) is 43.2.